The van der Waals surface area contributed by atoms with E-state index in [1.165, 1.54) is 5.57 Å². The second-order valence-corrected chi connectivity index (χ2v) is 8.82. The van der Waals surface area contributed by atoms with Crippen molar-refractivity contribution < 1.29 is 4.79 Å². The van der Waals surface area contributed by atoms with Crippen molar-refractivity contribution in [2.24, 2.45) is 0 Å². The van der Waals surface area contributed by atoms with Crippen LogP contribution in [0.25, 0.3) is 0 Å². The van der Waals surface area contributed by atoms with Crippen molar-refractivity contribution in [3.63, 3.8) is 0 Å². The summed E-state index contributed by atoms with van der Waals surface area (Å²) >= 11 is 3.86. The average Bonchev–Trinajstić information content (AvgIpc) is 2.37. The standard InChI is InChI=1S/C9H14NOPS2/c1-6(2)10-3-7-4-13-12-14-5-8(7)9(10)11/h6,12H,3-5H2,1-2H3. The summed E-state index contributed by atoms with van der Waals surface area (Å²) in [6, 6.07) is 0.340. The van der Waals surface area contributed by atoms with Gasteiger partial charge in [0.05, 0.1) is 0 Å². The molecule has 0 N–H and O–H groups in total. The van der Waals surface area contributed by atoms with Crippen LogP contribution in [0, 0.1) is 0 Å². The maximum Gasteiger partial charge on any atom is 0.251 e. The van der Waals surface area contributed by atoms with Gasteiger partial charge in [-0.25, -0.2) is 0 Å². The van der Waals surface area contributed by atoms with Crippen molar-refractivity contribution >= 4 is 35.7 Å². The molecule has 0 aliphatic carbocycles. The van der Waals surface area contributed by atoms with Crippen LogP contribution < -0.4 is 0 Å². The Bertz CT molecular complexity index is 291. The molecular weight excluding hydrogens is 233 g/mol. The van der Waals surface area contributed by atoms with Gasteiger partial charge in [-0.05, 0) is 26.4 Å². The Hall–Kier alpha value is 0.340. The Balaban J connectivity index is 2.17. The second-order valence-electron chi connectivity index (χ2n) is 3.77. The highest BCUT2D eigenvalue weighted by Gasteiger charge is 2.32. The van der Waals surface area contributed by atoms with E-state index in [1.807, 2.05) is 27.7 Å². The van der Waals surface area contributed by atoms with E-state index in [0.29, 0.717) is 6.04 Å². The Labute approximate surface area is 94.5 Å². The molecule has 1 unspecified atom stereocenters. The molecule has 0 aromatic heterocycles. The zero-order valence-electron chi connectivity index (χ0n) is 8.37. The van der Waals surface area contributed by atoms with E-state index < -0.39 is 0 Å². The molecule has 0 spiro atoms. The van der Waals surface area contributed by atoms with Gasteiger partial charge in [0.25, 0.3) is 5.91 Å². The summed E-state index contributed by atoms with van der Waals surface area (Å²) in [6.07, 6.45) is 0. The minimum atomic E-state index is 0.287. The van der Waals surface area contributed by atoms with Gasteiger partial charge in [-0.3, -0.25) is 4.79 Å². The lowest BCUT2D eigenvalue weighted by Gasteiger charge is -2.21. The first-order valence-electron chi connectivity index (χ1n) is 4.70. The van der Waals surface area contributed by atoms with E-state index in [-0.39, 0.29) is 5.91 Å². The number of amides is 1. The fourth-order valence-corrected chi connectivity index (χ4v) is 6.15. The normalized spacial score (nSPS) is 24.8. The minimum absolute atomic E-state index is 0.287. The van der Waals surface area contributed by atoms with Crippen LogP contribution in [0.4, 0.5) is 0 Å². The maximum atomic E-state index is 12.0. The van der Waals surface area contributed by atoms with Gasteiger partial charge in [-0.1, -0.05) is 0 Å². The van der Waals surface area contributed by atoms with Crippen LogP contribution in [0.5, 0.6) is 0 Å². The van der Waals surface area contributed by atoms with Crippen molar-refractivity contribution in [1.29, 1.82) is 0 Å². The first-order chi connectivity index (χ1) is 6.70. The number of rotatable bonds is 1. The van der Waals surface area contributed by atoms with E-state index in [9.17, 15) is 4.79 Å². The van der Waals surface area contributed by atoms with E-state index in [2.05, 4.69) is 13.8 Å². The highest BCUT2D eigenvalue weighted by Crippen LogP contribution is 2.48. The molecule has 2 aliphatic rings. The zero-order chi connectivity index (χ0) is 10.1. The van der Waals surface area contributed by atoms with Gasteiger partial charge in [0.15, 0.2) is 0 Å². The third kappa shape index (κ3) is 1.98. The van der Waals surface area contributed by atoms with Crippen LogP contribution >= 0.6 is 29.7 Å². The van der Waals surface area contributed by atoms with Crippen LogP contribution in [0.15, 0.2) is 11.1 Å². The molecule has 2 aliphatic heterocycles. The van der Waals surface area contributed by atoms with Crippen LogP contribution in [-0.4, -0.2) is 34.9 Å². The Morgan fingerprint density at radius 1 is 1.36 bits per heavy atom. The number of hydrogen-bond acceptors (Lipinski definition) is 3. The van der Waals surface area contributed by atoms with E-state index in [0.717, 1.165) is 30.6 Å². The summed E-state index contributed by atoms with van der Waals surface area (Å²) in [6.45, 7) is 5.96. The van der Waals surface area contributed by atoms with E-state index >= 15 is 0 Å². The summed E-state index contributed by atoms with van der Waals surface area (Å²) in [4.78, 5) is 14.0. The number of carbonyl (C=O) groups excluding carboxylic acids is 1. The van der Waals surface area contributed by atoms with Crippen LogP contribution in [-0.2, 0) is 4.79 Å². The quantitative estimate of drug-likeness (QED) is 0.664. The van der Waals surface area contributed by atoms with E-state index in [4.69, 9.17) is 0 Å². The smallest absolute Gasteiger partial charge is 0.251 e. The van der Waals surface area contributed by atoms with Gasteiger partial charge < -0.3 is 4.90 Å². The van der Waals surface area contributed by atoms with Gasteiger partial charge in [-0.2, -0.15) is 0 Å². The number of carbonyl (C=O) groups is 1. The average molecular weight is 247 g/mol. The summed E-state index contributed by atoms with van der Waals surface area (Å²) in [5, 5.41) is 0. The molecule has 1 atom stereocenters. The molecule has 5 heteroatoms. The number of hydrogen-bond donors (Lipinski definition) is 0. The molecule has 0 aromatic carbocycles. The Morgan fingerprint density at radius 2 is 2.07 bits per heavy atom. The van der Waals surface area contributed by atoms with Gasteiger partial charge in [0.2, 0.25) is 0 Å². The van der Waals surface area contributed by atoms with Crippen LogP contribution in [0.3, 0.4) is 0 Å². The summed E-state index contributed by atoms with van der Waals surface area (Å²) in [5.74, 6) is 2.29. The molecule has 14 heavy (non-hydrogen) atoms. The van der Waals surface area contributed by atoms with Gasteiger partial charge in [0.1, 0.15) is 0 Å². The molecule has 1 amide bonds. The van der Waals surface area contributed by atoms with Crippen molar-refractivity contribution in [3.05, 3.63) is 11.1 Å². The molecule has 2 nitrogen and oxygen atoms in total. The maximum absolute atomic E-state index is 12.0. The fourth-order valence-electron chi connectivity index (χ4n) is 1.67. The molecule has 0 fully saturated rings. The van der Waals surface area contributed by atoms with Crippen molar-refractivity contribution in [2.45, 2.75) is 19.9 Å². The molecule has 2 rings (SSSR count). The largest absolute Gasteiger partial charge is 0.332 e. The monoisotopic (exact) mass is 247 g/mol. The predicted molar refractivity (Wildman–Crippen MR) is 67.1 cm³/mol. The highest BCUT2D eigenvalue weighted by molar-refractivity contribution is 8.82. The predicted octanol–water partition coefficient (Wildman–Crippen LogP) is 2.52. The molecule has 0 radical (unpaired) electrons. The van der Waals surface area contributed by atoms with Gasteiger partial charge >= 0.3 is 0 Å². The van der Waals surface area contributed by atoms with Crippen molar-refractivity contribution in [2.75, 3.05) is 18.1 Å². The zero-order valence-corrected chi connectivity index (χ0v) is 11.0. The SMILES string of the molecule is CC(C)N1CC2=C(CSPSC2)C1=O. The molecule has 0 saturated carbocycles. The first kappa shape index (κ1) is 10.8. The van der Waals surface area contributed by atoms with Gasteiger partial charge in [-0.15, -0.1) is 22.8 Å². The van der Waals surface area contributed by atoms with Crippen LogP contribution in [0.1, 0.15) is 13.8 Å². The van der Waals surface area contributed by atoms with Crippen molar-refractivity contribution in [1.82, 2.24) is 4.90 Å². The summed E-state index contributed by atoms with van der Waals surface area (Å²) in [5.41, 5.74) is 2.48. The highest BCUT2D eigenvalue weighted by atomic mass is 33.1. The molecule has 78 valence electrons. The summed E-state index contributed by atoms with van der Waals surface area (Å²) < 4.78 is 0. The third-order valence-corrected chi connectivity index (χ3v) is 7.37. The molecular formula is C9H14NOPS2. The van der Waals surface area contributed by atoms with E-state index in [1.54, 1.807) is 0 Å². The lowest BCUT2D eigenvalue weighted by molar-refractivity contribution is -0.126. The minimum Gasteiger partial charge on any atom is -0.332 e. The Morgan fingerprint density at radius 3 is 2.79 bits per heavy atom. The molecule has 0 bridgehead atoms. The van der Waals surface area contributed by atoms with Crippen LogP contribution in [0.2, 0.25) is 0 Å². The lowest BCUT2D eigenvalue weighted by Crippen LogP contribution is -2.34. The van der Waals surface area contributed by atoms with Crippen molar-refractivity contribution in [3.8, 4) is 0 Å². The molecule has 2 heterocycles. The first-order valence-corrected chi connectivity index (χ1v) is 9.12. The Kier molecular flexibility index (Phi) is 3.46. The second kappa shape index (κ2) is 4.46. The molecule has 0 saturated heterocycles. The fraction of sp³-hybridized carbons (Fsp3) is 0.667. The van der Waals surface area contributed by atoms with Gasteiger partial charge in [0, 0.05) is 29.7 Å². The number of nitrogens with zero attached hydrogens (tertiary/aromatic N) is 1. The lowest BCUT2D eigenvalue weighted by atomic mass is 10.2. The summed E-state index contributed by atoms with van der Waals surface area (Å²) in [7, 11) is 0. The third-order valence-electron chi connectivity index (χ3n) is 2.51. The molecule has 0 aromatic rings. The topological polar surface area (TPSA) is 20.3 Å².